The van der Waals surface area contributed by atoms with Gasteiger partial charge < -0.3 is 4.42 Å². The summed E-state index contributed by atoms with van der Waals surface area (Å²) in [5, 5.41) is 8.90. The Kier molecular flexibility index (Phi) is 4.06. The van der Waals surface area contributed by atoms with Crippen LogP contribution in [0.3, 0.4) is 0 Å². The molecule has 6 nitrogen and oxygen atoms in total. The van der Waals surface area contributed by atoms with Crippen LogP contribution in [-0.2, 0) is 10.0 Å². The van der Waals surface area contributed by atoms with Gasteiger partial charge in [-0.25, -0.2) is 17.8 Å². The number of nitrogens with one attached hydrogen (secondary N) is 1. The van der Waals surface area contributed by atoms with E-state index in [1.54, 1.807) is 13.0 Å². The van der Waals surface area contributed by atoms with Gasteiger partial charge in [0.1, 0.15) is 28.1 Å². The number of sulfonamides is 1. The summed E-state index contributed by atoms with van der Waals surface area (Å²) in [6.45, 7) is 3.21. The predicted molar refractivity (Wildman–Crippen MR) is 71.1 cm³/mol. The number of aromatic nitrogens is 1. The molecule has 1 aromatic carbocycles. The molecular weight excluding hydrogens is 297 g/mol. The number of oxazole rings is 1. The fourth-order valence-electron chi connectivity index (χ4n) is 1.76. The zero-order chi connectivity index (χ0) is 15.6. The number of nitrogens with zero attached hydrogens (tertiary/aromatic N) is 2. The summed E-state index contributed by atoms with van der Waals surface area (Å²) in [5.41, 5.74) is -0.527. The maximum Gasteiger partial charge on any atom is 0.242 e. The van der Waals surface area contributed by atoms with Gasteiger partial charge in [-0.15, -0.1) is 0 Å². The molecule has 110 valence electrons. The Hall–Kier alpha value is -2.24. The standard InChI is InChI=1S/C13H12FN3O3S/c1-8-7-16-13(20-8)9(2)17-21(18,19)12-5-3-4-11(14)10(12)6-15/h3-5,7,9,17H,1-2H3. The zero-order valence-corrected chi connectivity index (χ0v) is 12.1. The molecule has 1 unspecified atom stereocenters. The summed E-state index contributed by atoms with van der Waals surface area (Å²) >= 11 is 0. The first-order valence-corrected chi connectivity index (χ1v) is 7.46. The van der Waals surface area contributed by atoms with Crippen LogP contribution in [-0.4, -0.2) is 13.4 Å². The van der Waals surface area contributed by atoms with Gasteiger partial charge in [0.25, 0.3) is 0 Å². The lowest BCUT2D eigenvalue weighted by atomic mass is 10.2. The first-order valence-electron chi connectivity index (χ1n) is 5.98. The van der Waals surface area contributed by atoms with Crippen LogP contribution in [0.1, 0.15) is 30.2 Å². The van der Waals surface area contributed by atoms with Gasteiger partial charge in [-0.1, -0.05) is 6.07 Å². The molecular formula is C13H12FN3O3S. The topological polar surface area (TPSA) is 96.0 Å². The molecule has 0 amide bonds. The van der Waals surface area contributed by atoms with Crippen molar-refractivity contribution < 1.29 is 17.2 Å². The van der Waals surface area contributed by atoms with Crippen molar-refractivity contribution in [2.75, 3.05) is 0 Å². The Bertz CT molecular complexity index is 808. The average Bonchev–Trinajstić information content (AvgIpc) is 2.85. The summed E-state index contributed by atoms with van der Waals surface area (Å²) in [6, 6.07) is 4.22. The molecule has 0 radical (unpaired) electrons. The molecule has 0 aliphatic heterocycles. The number of rotatable bonds is 4. The van der Waals surface area contributed by atoms with Crippen LogP contribution in [0.25, 0.3) is 0 Å². The molecule has 2 aromatic rings. The summed E-state index contributed by atoms with van der Waals surface area (Å²) in [5.74, 6) is -0.162. The van der Waals surface area contributed by atoms with Gasteiger partial charge in [0.05, 0.1) is 12.2 Å². The van der Waals surface area contributed by atoms with E-state index in [2.05, 4.69) is 9.71 Å². The Morgan fingerprint density at radius 2 is 2.19 bits per heavy atom. The second-order valence-corrected chi connectivity index (χ2v) is 6.06. The molecule has 21 heavy (non-hydrogen) atoms. The molecule has 1 aromatic heterocycles. The lowest BCUT2D eigenvalue weighted by Crippen LogP contribution is -2.28. The number of hydrogen-bond donors (Lipinski definition) is 1. The lowest BCUT2D eigenvalue weighted by molar-refractivity contribution is 0.427. The highest BCUT2D eigenvalue weighted by molar-refractivity contribution is 7.89. The van der Waals surface area contributed by atoms with E-state index in [9.17, 15) is 12.8 Å². The van der Waals surface area contributed by atoms with Crippen molar-refractivity contribution in [2.24, 2.45) is 0 Å². The highest BCUT2D eigenvalue weighted by atomic mass is 32.2. The third kappa shape index (κ3) is 3.09. The molecule has 0 bridgehead atoms. The molecule has 0 spiro atoms. The lowest BCUT2D eigenvalue weighted by Gasteiger charge is -2.12. The largest absolute Gasteiger partial charge is 0.444 e. The summed E-state index contributed by atoms with van der Waals surface area (Å²) < 4.78 is 45.5. The molecule has 1 atom stereocenters. The highest BCUT2D eigenvalue weighted by Crippen LogP contribution is 2.21. The Morgan fingerprint density at radius 1 is 1.48 bits per heavy atom. The SMILES string of the molecule is Cc1cnc(C(C)NS(=O)(=O)c2cccc(F)c2C#N)o1. The number of halogens is 1. The fraction of sp³-hybridized carbons (Fsp3) is 0.231. The second kappa shape index (κ2) is 5.63. The zero-order valence-electron chi connectivity index (χ0n) is 11.3. The molecule has 8 heteroatoms. The first kappa shape index (κ1) is 15.2. The smallest absolute Gasteiger partial charge is 0.242 e. The second-order valence-electron chi connectivity index (χ2n) is 4.38. The van der Waals surface area contributed by atoms with Gasteiger partial charge in [-0.2, -0.15) is 9.98 Å². The van der Waals surface area contributed by atoms with Crippen LogP contribution in [0.4, 0.5) is 4.39 Å². The van der Waals surface area contributed by atoms with Crippen molar-refractivity contribution >= 4 is 10.0 Å². The van der Waals surface area contributed by atoms with E-state index in [1.807, 2.05) is 0 Å². The summed E-state index contributed by atoms with van der Waals surface area (Å²) in [4.78, 5) is 3.50. The number of hydrogen-bond acceptors (Lipinski definition) is 5. The summed E-state index contributed by atoms with van der Waals surface area (Å²) in [7, 11) is -4.08. The maximum absolute atomic E-state index is 13.5. The molecule has 2 rings (SSSR count). The molecule has 0 saturated carbocycles. The average molecular weight is 309 g/mol. The van der Waals surface area contributed by atoms with E-state index < -0.39 is 32.3 Å². The van der Waals surface area contributed by atoms with Crippen LogP contribution in [0.2, 0.25) is 0 Å². The quantitative estimate of drug-likeness (QED) is 0.932. The van der Waals surface area contributed by atoms with Crippen molar-refractivity contribution in [3.8, 4) is 6.07 Å². The van der Waals surface area contributed by atoms with Gasteiger partial charge in [0.2, 0.25) is 15.9 Å². The molecule has 1 heterocycles. The van der Waals surface area contributed by atoms with E-state index in [0.717, 1.165) is 12.1 Å². The minimum absolute atomic E-state index is 0.186. The fourth-order valence-corrected chi connectivity index (χ4v) is 3.12. The van der Waals surface area contributed by atoms with E-state index >= 15 is 0 Å². The normalized spacial score (nSPS) is 12.9. The van der Waals surface area contributed by atoms with Crippen LogP contribution in [0.5, 0.6) is 0 Å². The summed E-state index contributed by atoms with van der Waals surface area (Å²) in [6.07, 6.45) is 1.46. The third-order valence-electron chi connectivity index (χ3n) is 2.72. The van der Waals surface area contributed by atoms with Gasteiger partial charge in [0.15, 0.2) is 0 Å². The molecule has 1 N–H and O–H groups in total. The number of aryl methyl sites for hydroxylation is 1. The van der Waals surface area contributed by atoms with Crippen LogP contribution < -0.4 is 4.72 Å². The van der Waals surface area contributed by atoms with Crippen molar-refractivity contribution in [1.29, 1.82) is 5.26 Å². The predicted octanol–water partition coefficient (Wildman–Crippen LogP) is 2.03. The molecule has 0 fully saturated rings. The van der Waals surface area contributed by atoms with E-state index in [0.29, 0.717) is 5.76 Å². The van der Waals surface area contributed by atoms with Crippen molar-refractivity contribution in [3.05, 3.63) is 47.4 Å². The van der Waals surface area contributed by atoms with E-state index in [4.69, 9.17) is 9.68 Å². The van der Waals surface area contributed by atoms with Gasteiger partial charge >= 0.3 is 0 Å². The number of nitriles is 1. The monoisotopic (exact) mass is 309 g/mol. The third-order valence-corrected chi connectivity index (χ3v) is 4.30. The Balaban J connectivity index is 2.36. The molecule has 0 aliphatic carbocycles. The number of benzene rings is 1. The van der Waals surface area contributed by atoms with Crippen molar-refractivity contribution in [2.45, 2.75) is 24.8 Å². The van der Waals surface area contributed by atoms with Crippen LogP contribution in [0, 0.1) is 24.1 Å². The van der Waals surface area contributed by atoms with Crippen LogP contribution in [0.15, 0.2) is 33.7 Å². The van der Waals surface area contributed by atoms with E-state index in [1.165, 1.54) is 19.2 Å². The molecule has 0 aliphatic rings. The minimum atomic E-state index is -4.08. The van der Waals surface area contributed by atoms with E-state index in [-0.39, 0.29) is 5.89 Å². The van der Waals surface area contributed by atoms with Crippen molar-refractivity contribution in [3.63, 3.8) is 0 Å². The Labute approximate surface area is 121 Å². The van der Waals surface area contributed by atoms with Crippen LogP contribution >= 0.6 is 0 Å². The minimum Gasteiger partial charge on any atom is -0.444 e. The highest BCUT2D eigenvalue weighted by Gasteiger charge is 2.25. The van der Waals surface area contributed by atoms with Gasteiger partial charge in [0, 0.05) is 0 Å². The first-order chi connectivity index (χ1) is 9.85. The molecule has 0 saturated heterocycles. The van der Waals surface area contributed by atoms with Crippen molar-refractivity contribution in [1.82, 2.24) is 9.71 Å². The Morgan fingerprint density at radius 3 is 2.76 bits per heavy atom. The van der Waals surface area contributed by atoms with Gasteiger partial charge in [-0.05, 0) is 26.0 Å². The van der Waals surface area contributed by atoms with Gasteiger partial charge in [-0.3, -0.25) is 0 Å². The maximum atomic E-state index is 13.5.